The lowest BCUT2D eigenvalue weighted by Crippen LogP contribution is -2.40. The molecule has 0 spiro atoms. The van der Waals surface area contributed by atoms with Crippen molar-refractivity contribution in [3.8, 4) is 0 Å². The highest BCUT2D eigenvalue weighted by molar-refractivity contribution is 5.71. The first kappa shape index (κ1) is 81.2. The number of carbonyl (C=O) groups is 3. The van der Waals surface area contributed by atoms with Gasteiger partial charge in [0.2, 0.25) is 0 Å². The summed E-state index contributed by atoms with van der Waals surface area (Å²) in [4.78, 5) is 37.7. The van der Waals surface area contributed by atoms with Crippen molar-refractivity contribution in [2.75, 3.05) is 47.5 Å². The van der Waals surface area contributed by atoms with Gasteiger partial charge in [0.05, 0.1) is 34.4 Å². The first-order chi connectivity index (χ1) is 41.1. The van der Waals surface area contributed by atoms with Crippen molar-refractivity contribution in [1.82, 2.24) is 0 Å². The molecule has 0 radical (unpaired) electrons. The van der Waals surface area contributed by atoms with Gasteiger partial charge in [-0.05, 0) is 51.4 Å². The van der Waals surface area contributed by atoms with Gasteiger partial charge in [0, 0.05) is 12.8 Å². The normalized spacial score (nSPS) is 12.9. The van der Waals surface area contributed by atoms with Crippen LogP contribution in [0.25, 0.3) is 0 Å². The molecule has 0 aliphatic carbocycles. The van der Waals surface area contributed by atoms with E-state index >= 15 is 0 Å². The Morgan fingerprint density at radius 3 is 1.01 bits per heavy atom. The van der Waals surface area contributed by atoms with Gasteiger partial charge in [-0.15, -0.1) is 0 Å². The summed E-state index contributed by atoms with van der Waals surface area (Å²) in [5.74, 6) is -1.98. The zero-order valence-electron chi connectivity index (χ0n) is 56.3. The zero-order chi connectivity index (χ0) is 61.2. The maximum absolute atomic E-state index is 13.0. The van der Waals surface area contributed by atoms with E-state index in [2.05, 4.69) is 62.5 Å². The molecule has 84 heavy (non-hydrogen) atoms. The molecule has 9 nitrogen and oxygen atoms in total. The number of rotatable bonds is 68. The van der Waals surface area contributed by atoms with Crippen LogP contribution in [-0.4, -0.2) is 87.4 Å². The molecule has 0 heterocycles. The molecular weight excluding hydrogens is 1040 g/mol. The number of quaternary nitrogens is 1. The van der Waals surface area contributed by atoms with Gasteiger partial charge in [-0.3, -0.25) is 9.59 Å². The highest BCUT2D eigenvalue weighted by Gasteiger charge is 2.25. The van der Waals surface area contributed by atoms with Crippen molar-refractivity contribution in [1.29, 1.82) is 0 Å². The fraction of sp³-hybridized carbons (Fsp3) is 0.853. The summed E-state index contributed by atoms with van der Waals surface area (Å²) in [5, 5.41) is 9.75. The summed E-state index contributed by atoms with van der Waals surface area (Å²) in [7, 11) is 5.99. The molecule has 0 aromatic rings. The number of hydrogen-bond donors (Lipinski definition) is 1. The molecule has 0 saturated heterocycles. The lowest BCUT2D eigenvalue weighted by molar-refractivity contribution is -0.870. The van der Waals surface area contributed by atoms with E-state index in [1.165, 1.54) is 263 Å². The van der Waals surface area contributed by atoms with Crippen LogP contribution < -0.4 is 0 Å². The number of nitrogens with zero attached hydrogens (tertiary/aromatic N) is 1. The molecule has 0 saturated carbocycles. The van der Waals surface area contributed by atoms with Gasteiger partial charge in [0.1, 0.15) is 13.2 Å². The predicted octanol–water partition coefficient (Wildman–Crippen LogP) is 22.5. The summed E-state index contributed by atoms with van der Waals surface area (Å²) in [6.07, 6.45) is 82.4. The van der Waals surface area contributed by atoms with Crippen molar-refractivity contribution in [2.24, 2.45) is 0 Å². The van der Waals surface area contributed by atoms with E-state index < -0.39 is 18.4 Å². The van der Waals surface area contributed by atoms with Crippen LogP contribution in [-0.2, 0) is 33.3 Å². The Morgan fingerprint density at radius 1 is 0.369 bits per heavy atom. The van der Waals surface area contributed by atoms with Crippen molar-refractivity contribution < 1.29 is 42.9 Å². The third-order valence-electron chi connectivity index (χ3n) is 16.3. The van der Waals surface area contributed by atoms with Crippen LogP contribution in [0.5, 0.6) is 0 Å². The minimum atomic E-state index is -1.51. The number of aliphatic carboxylic acids is 1. The number of carbonyl (C=O) groups excluding carboxylic acids is 2. The van der Waals surface area contributed by atoms with E-state index in [1.54, 1.807) is 0 Å². The summed E-state index contributed by atoms with van der Waals surface area (Å²) < 4.78 is 23.0. The minimum absolute atomic E-state index is 0.176. The summed E-state index contributed by atoms with van der Waals surface area (Å²) in [6.45, 7) is 4.84. The molecule has 0 aliphatic heterocycles. The van der Waals surface area contributed by atoms with Crippen LogP contribution in [0.15, 0.2) is 48.6 Å². The molecule has 0 aromatic heterocycles. The van der Waals surface area contributed by atoms with E-state index in [0.29, 0.717) is 17.4 Å². The average molecular weight is 1180 g/mol. The van der Waals surface area contributed by atoms with Gasteiger partial charge < -0.3 is 28.5 Å². The third-order valence-corrected chi connectivity index (χ3v) is 16.3. The van der Waals surface area contributed by atoms with Crippen LogP contribution in [0.1, 0.15) is 354 Å². The predicted molar refractivity (Wildman–Crippen MR) is 360 cm³/mol. The van der Waals surface area contributed by atoms with Gasteiger partial charge in [-0.1, -0.05) is 339 Å². The Kier molecular flexibility index (Phi) is 64.0. The Morgan fingerprint density at radius 2 is 0.679 bits per heavy atom. The fourth-order valence-corrected chi connectivity index (χ4v) is 10.8. The van der Waals surface area contributed by atoms with Crippen LogP contribution >= 0.6 is 0 Å². The number of esters is 2. The van der Waals surface area contributed by atoms with Crippen LogP contribution in [0.2, 0.25) is 0 Å². The van der Waals surface area contributed by atoms with Crippen molar-refractivity contribution >= 4 is 17.9 Å². The summed E-state index contributed by atoms with van der Waals surface area (Å²) in [6, 6.07) is 0. The zero-order valence-corrected chi connectivity index (χ0v) is 56.3. The second-order valence-electron chi connectivity index (χ2n) is 25.9. The summed E-state index contributed by atoms with van der Waals surface area (Å²) in [5.41, 5.74) is 0. The number of ether oxygens (including phenoxy) is 4. The van der Waals surface area contributed by atoms with Crippen LogP contribution in [0.3, 0.4) is 0 Å². The van der Waals surface area contributed by atoms with E-state index in [-0.39, 0.29) is 38.2 Å². The van der Waals surface area contributed by atoms with Gasteiger partial charge in [-0.25, -0.2) is 4.79 Å². The fourth-order valence-electron chi connectivity index (χ4n) is 10.8. The molecule has 0 aromatic carbocycles. The second kappa shape index (κ2) is 66.2. The molecule has 0 rings (SSSR count). The molecule has 492 valence electrons. The molecule has 0 amide bonds. The number of carboxylic acid groups (broad SMARTS) is 1. The van der Waals surface area contributed by atoms with E-state index in [4.69, 9.17) is 18.9 Å². The molecule has 2 unspecified atom stereocenters. The SMILES string of the molecule is CC/C=C\C/C=C\C/C=C\C/C=C\CCCCCCCCCCCCCCCCCCCCC(=O)OC(COC(=O)CCCCCCCCCCCCCCCCCCCCCCCCCCCCCC)COC(OCC[N+](C)(C)C)C(=O)O. The molecule has 0 bridgehead atoms. The molecule has 0 aliphatic rings. The van der Waals surface area contributed by atoms with Crippen LogP contribution in [0, 0.1) is 0 Å². The molecule has 2 atom stereocenters. The van der Waals surface area contributed by atoms with Crippen LogP contribution in [0.4, 0.5) is 0 Å². The third kappa shape index (κ3) is 66.8. The lowest BCUT2D eigenvalue weighted by atomic mass is 10.0. The number of carboxylic acids is 1. The number of hydrogen-bond acceptors (Lipinski definition) is 7. The average Bonchev–Trinajstić information content (AvgIpc) is 3.51. The lowest BCUT2D eigenvalue weighted by Gasteiger charge is -2.25. The first-order valence-corrected chi connectivity index (χ1v) is 36.3. The van der Waals surface area contributed by atoms with Crippen molar-refractivity contribution in [3.63, 3.8) is 0 Å². The Bertz CT molecular complexity index is 1520. The van der Waals surface area contributed by atoms with E-state index in [9.17, 15) is 19.5 Å². The standard InChI is InChI=1S/C75H139NO8/c1-6-8-10-12-14-16-18-20-22-24-26-28-30-32-34-36-37-38-40-42-44-46-48-50-52-54-56-58-60-62-64-66-73(78)84-71(70-83-75(74(79)80)81-68-67-76(3,4)5)69-82-72(77)65-63-61-59-57-55-53-51-49-47-45-43-41-39-35-33-31-29-27-25-23-21-19-17-15-13-11-9-7-2/h8,10,14,16,20,22,26,28,71,75H,6-7,9,11-13,15,17-19,21,23-25,27,29-70H2,1-5H3/p+1/b10-8-,16-14-,22-20-,28-26-. The molecule has 1 N–H and O–H groups in total. The Hall–Kier alpha value is -2.75. The maximum atomic E-state index is 13.0. The van der Waals surface area contributed by atoms with Gasteiger partial charge in [0.15, 0.2) is 6.10 Å². The molecular formula is C75H140NO8+. The maximum Gasteiger partial charge on any atom is 0.361 e. The summed E-state index contributed by atoms with van der Waals surface area (Å²) >= 11 is 0. The smallest absolute Gasteiger partial charge is 0.361 e. The van der Waals surface area contributed by atoms with Gasteiger partial charge in [0.25, 0.3) is 6.29 Å². The van der Waals surface area contributed by atoms with E-state index in [0.717, 1.165) is 64.2 Å². The van der Waals surface area contributed by atoms with Gasteiger partial charge >= 0.3 is 17.9 Å². The highest BCUT2D eigenvalue weighted by atomic mass is 16.7. The van der Waals surface area contributed by atoms with E-state index in [1.807, 2.05) is 21.1 Å². The number of likely N-dealkylation sites (N-methyl/N-ethyl adjacent to an activating group) is 1. The number of unbranched alkanes of at least 4 members (excludes halogenated alkanes) is 45. The van der Waals surface area contributed by atoms with Gasteiger partial charge in [-0.2, -0.15) is 0 Å². The second-order valence-corrected chi connectivity index (χ2v) is 25.9. The quantitative estimate of drug-likeness (QED) is 0.0211. The molecule has 0 fully saturated rings. The van der Waals surface area contributed by atoms with Crippen molar-refractivity contribution in [3.05, 3.63) is 48.6 Å². The van der Waals surface area contributed by atoms with Crippen molar-refractivity contribution in [2.45, 2.75) is 367 Å². The molecule has 9 heteroatoms. The highest BCUT2D eigenvalue weighted by Crippen LogP contribution is 2.19. The Balaban J connectivity index is 4.04. The first-order valence-electron chi connectivity index (χ1n) is 36.3. The number of allylic oxidation sites excluding steroid dienone is 8. The monoisotopic (exact) mass is 1180 g/mol. The minimum Gasteiger partial charge on any atom is -0.477 e. The topological polar surface area (TPSA) is 108 Å². The Labute approximate surface area is 521 Å². The largest absolute Gasteiger partial charge is 0.477 e.